The number of aromatic amines is 1. The van der Waals surface area contributed by atoms with E-state index < -0.39 is 0 Å². The van der Waals surface area contributed by atoms with Crippen molar-refractivity contribution in [3.8, 4) is 23.0 Å². The first-order valence-corrected chi connectivity index (χ1v) is 8.15. The van der Waals surface area contributed by atoms with E-state index in [4.69, 9.17) is 18.9 Å². The van der Waals surface area contributed by atoms with Crippen LogP contribution in [0.4, 0.5) is 0 Å². The van der Waals surface area contributed by atoms with Gasteiger partial charge in [0.1, 0.15) is 5.82 Å². The Morgan fingerprint density at radius 1 is 0.815 bits per heavy atom. The summed E-state index contributed by atoms with van der Waals surface area (Å²) in [4.78, 5) is 19.6. The quantitative estimate of drug-likeness (QED) is 0.720. The zero-order chi connectivity index (χ0) is 19.4. The van der Waals surface area contributed by atoms with Crippen molar-refractivity contribution in [2.45, 2.75) is 0 Å². The third-order valence-corrected chi connectivity index (χ3v) is 4.07. The molecule has 0 saturated carbocycles. The molecule has 3 rings (SSSR count). The average molecular weight is 368 g/mol. The molecule has 0 unspecified atom stereocenters. The van der Waals surface area contributed by atoms with Crippen LogP contribution in [0.3, 0.4) is 0 Å². The number of aromatic nitrogens is 2. The van der Waals surface area contributed by atoms with Gasteiger partial charge in [0.2, 0.25) is 0 Å². The van der Waals surface area contributed by atoms with Crippen molar-refractivity contribution >= 4 is 23.1 Å². The number of ether oxygens (including phenoxy) is 4. The van der Waals surface area contributed by atoms with Crippen molar-refractivity contribution in [2.75, 3.05) is 28.4 Å². The van der Waals surface area contributed by atoms with Gasteiger partial charge in [-0.3, -0.25) is 4.79 Å². The number of H-pyrrole nitrogens is 1. The van der Waals surface area contributed by atoms with Gasteiger partial charge < -0.3 is 23.9 Å². The monoisotopic (exact) mass is 368 g/mol. The Balaban J connectivity index is 2.00. The maximum Gasteiger partial charge on any atom is 0.259 e. The molecule has 0 bridgehead atoms. The molecule has 7 heteroatoms. The van der Waals surface area contributed by atoms with Crippen molar-refractivity contribution in [3.05, 3.63) is 52.1 Å². The van der Waals surface area contributed by atoms with Crippen molar-refractivity contribution < 1.29 is 18.9 Å². The van der Waals surface area contributed by atoms with Gasteiger partial charge in [-0.2, -0.15) is 0 Å². The van der Waals surface area contributed by atoms with Gasteiger partial charge in [0.25, 0.3) is 5.56 Å². The summed E-state index contributed by atoms with van der Waals surface area (Å²) in [5.74, 6) is 2.68. The van der Waals surface area contributed by atoms with Gasteiger partial charge in [-0.1, -0.05) is 12.1 Å². The lowest BCUT2D eigenvalue weighted by molar-refractivity contribution is 0.355. The fourth-order valence-electron chi connectivity index (χ4n) is 2.69. The van der Waals surface area contributed by atoms with Crippen molar-refractivity contribution in [1.29, 1.82) is 0 Å². The zero-order valence-electron chi connectivity index (χ0n) is 15.5. The normalized spacial score (nSPS) is 11.0. The molecular formula is C20H20N2O5. The lowest BCUT2D eigenvalue weighted by Crippen LogP contribution is -2.10. The van der Waals surface area contributed by atoms with E-state index in [1.54, 1.807) is 32.4 Å². The van der Waals surface area contributed by atoms with Crippen LogP contribution in [0, 0.1) is 0 Å². The van der Waals surface area contributed by atoms with E-state index in [1.807, 2.05) is 24.3 Å². The molecule has 0 fully saturated rings. The lowest BCUT2D eigenvalue weighted by Gasteiger charge is -2.09. The number of nitrogens with zero attached hydrogens (tertiary/aromatic N) is 1. The number of nitrogens with one attached hydrogen (secondary N) is 1. The van der Waals surface area contributed by atoms with Crippen molar-refractivity contribution in [2.24, 2.45) is 0 Å². The van der Waals surface area contributed by atoms with Gasteiger partial charge in [-0.15, -0.1) is 0 Å². The third-order valence-electron chi connectivity index (χ3n) is 4.07. The number of hydrogen-bond donors (Lipinski definition) is 1. The highest BCUT2D eigenvalue weighted by Crippen LogP contribution is 2.30. The molecule has 1 aromatic heterocycles. The standard InChI is InChI=1S/C20H20N2O5/c1-24-15-7-5-12(9-16(15)25-2)6-8-19-21-14-11-18(27-4)17(26-3)10-13(14)20(23)22-19/h5-11H,1-4H3,(H,21,22,23)/b8-6+. The summed E-state index contributed by atoms with van der Waals surface area (Å²) in [6.07, 6.45) is 3.55. The molecule has 0 aliphatic heterocycles. The number of methoxy groups -OCH3 is 4. The molecule has 0 radical (unpaired) electrons. The summed E-state index contributed by atoms with van der Waals surface area (Å²) >= 11 is 0. The van der Waals surface area contributed by atoms with Gasteiger partial charge in [-0.05, 0) is 29.8 Å². The van der Waals surface area contributed by atoms with Crippen LogP contribution in [0.2, 0.25) is 0 Å². The first-order valence-electron chi connectivity index (χ1n) is 8.15. The Labute approximate surface area is 156 Å². The van der Waals surface area contributed by atoms with E-state index in [0.717, 1.165) is 5.56 Å². The largest absolute Gasteiger partial charge is 0.493 e. The lowest BCUT2D eigenvalue weighted by atomic mass is 10.2. The Morgan fingerprint density at radius 3 is 2.11 bits per heavy atom. The molecule has 140 valence electrons. The molecule has 0 spiro atoms. The molecule has 27 heavy (non-hydrogen) atoms. The molecule has 0 amide bonds. The molecule has 7 nitrogen and oxygen atoms in total. The second-order valence-electron chi connectivity index (χ2n) is 5.62. The van der Waals surface area contributed by atoms with Crippen LogP contribution in [-0.4, -0.2) is 38.4 Å². The predicted molar refractivity (Wildman–Crippen MR) is 104 cm³/mol. The smallest absolute Gasteiger partial charge is 0.259 e. The SMILES string of the molecule is COc1ccc(/C=C/c2nc3cc(OC)c(OC)cc3c(=O)[nH]2)cc1OC. The molecular weight excluding hydrogens is 348 g/mol. The minimum atomic E-state index is -0.257. The molecule has 2 aromatic carbocycles. The average Bonchev–Trinajstić information content (AvgIpc) is 2.70. The summed E-state index contributed by atoms with van der Waals surface area (Å²) in [5.41, 5.74) is 1.14. The van der Waals surface area contributed by atoms with E-state index in [1.165, 1.54) is 14.2 Å². The van der Waals surface area contributed by atoms with Gasteiger partial charge in [0.15, 0.2) is 23.0 Å². The molecule has 0 saturated heterocycles. The number of fused-ring (bicyclic) bond motifs is 1. The second-order valence-corrected chi connectivity index (χ2v) is 5.62. The van der Waals surface area contributed by atoms with E-state index in [0.29, 0.717) is 39.7 Å². The molecule has 3 aromatic rings. The molecule has 1 heterocycles. The van der Waals surface area contributed by atoms with Gasteiger partial charge in [0.05, 0.1) is 39.3 Å². The van der Waals surface area contributed by atoms with Crippen LogP contribution in [0.25, 0.3) is 23.1 Å². The Kier molecular flexibility index (Phi) is 5.30. The van der Waals surface area contributed by atoms with Crippen LogP contribution in [0.1, 0.15) is 11.4 Å². The molecule has 1 N–H and O–H groups in total. The van der Waals surface area contributed by atoms with E-state index in [9.17, 15) is 4.79 Å². The molecule has 0 atom stereocenters. The van der Waals surface area contributed by atoms with Crippen LogP contribution in [0.5, 0.6) is 23.0 Å². The number of hydrogen-bond acceptors (Lipinski definition) is 6. The van der Waals surface area contributed by atoms with Crippen LogP contribution in [-0.2, 0) is 0 Å². The van der Waals surface area contributed by atoms with Crippen LogP contribution < -0.4 is 24.5 Å². The summed E-state index contributed by atoms with van der Waals surface area (Å²) in [5, 5.41) is 0.427. The maximum absolute atomic E-state index is 12.4. The zero-order valence-corrected chi connectivity index (χ0v) is 15.5. The first kappa shape index (κ1) is 18.3. The number of rotatable bonds is 6. The summed E-state index contributed by atoms with van der Waals surface area (Å²) < 4.78 is 21.0. The Morgan fingerprint density at radius 2 is 1.44 bits per heavy atom. The summed E-state index contributed by atoms with van der Waals surface area (Å²) in [7, 11) is 6.22. The van der Waals surface area contributed by atoms with Crippen LogP contribution >= 0.6 is 0 Å². The van der Waals surface area contributed by atoms with E-state index >= 15 is 0 Å². The maximum atomic E-state index is 12.4. The Hall–Kier alpha value is -3.48. The summed E-state index contributed by atoms with van der Waals surface area (Å²) in [6, 6.07) is 8.82. The van der Waals surface area contributed by atoms with Gasteiger partial charge >= 0.3 is 0 Å². The minimum Gasteiger partial charge on any atom is -0.493 e. The highest BCUT2D eigenvalue weighted by atomic mass is 16.5. The highest BCUT2D eigenvalue weighted by Gasteiger charge is 2.10. The van der Waals surface area contributed by atoms with Gasteiger partial charge in [0, 0.05) is 6.07 Å². The highest BCUT2D eigenvalue weighted by molar-refractivity contribution is 5.83. The summed E-state index contributed by atoms with van der Waals surface area (Å²) in [6.45, 7) is 0. The van der Waals surface area contributed by atoms with Crippen molar-refractivity contribution in [3.63, 3.8) is 0 Å². The van der Waals surface area contributed by atoms with E-state index in [-0.39, 0.29) is 5.56 Å². The predicted octanol–water partition coefficient (Wildman–Crippen LogP) is 3.13. The fraction of sp³-hybridized carbons (Fsp3) is 0.200. The molecule has 0 aliphatic rings. The Bertz CT molecular complexity index is 1060. The van der Waals surface area contributed by atoms with Crippen LogP contribution in [0.15, 0.2) is 35.1 Å². The fourth-order valence-corrected chi connectivity index (χ4v) is 2.69. The van der Waals surface area contributed by atoms with Gasteiger partial charge in [-0.25, -0.2) is 4.98 Å². The number of benzene rings is 2. The second kappa shape index (κ2) is 7.82. The minimum absolute atomic E-state index is 0.257. The van der Waals surface area contributed by atoms with Crippen molar-refractivity contribution in [1.82, 2.24) is 9.97 Å². The van der Waals surface area contributed by atoms with E-state index in [2.05, 4.69) is 9.97 Å². The first-order chi connectivity index (χ1) is 13.1. The third kappa shape index (κ3) is 3.72. The topological polar surface area (TPSA) is 82.7 Å². The molecule has 0 aliphatic carbocycles.